The number of thiazole rings is 1. The van der Waals surface area contributed by atoms with Crippen LogP contribution in [0, 0.1) is 0 Å². The minimum absolute atomic E-state index is 0. The zero-order valence-electron chi connectivity index (χ0n) is 11.8. The Bertz CT molecular complexity index is 611. The highest BCUT2D eigenvalue weighted by molar-refractivity contribution is 7.10. The van der Waals surface area contributed by atoms with E-state index in [1.54, 1.807) is 11.3 Å². The monoisotopic (exact) mass is 327 g/mol. The molecule has 0 spiro atoms. The Kier molecular flexibility index (Phi) is 4.26. The molecule has 0 bridgehead atoms. The Hall–Kier alpha value is -1.02. The number of halogens is 1. The fraction of sp³-hybridized carbons (Fsp3) is 0.615. The molecular formula is C13H18ClN5OS. The van der Waals surface area contributed by atoms with Crippen LogP contribution in [0.25, 0.3) is 11.6 Å². The van der Waals surface area contributed by atoms with Gasteiger partial charge in [-0.15, -0.1) is 23.7 Å². The molecule has 4 rings (SSSR count). The summed E-state index contributed by atoms with van der Waals surface area (Å²) in [5.74, 6) is 1.96. The summed E-state index contributed by atoms with van der Waals surface area (Å²) in [5.41, 5.74) is 0.821. The van der Waals surface area contributed by atoms with Gasteiger partial charge in [-0.25, -0.2) is 4.98 Å². The highest BCUT2D eigenvalue weighted by Crippen LogP contribution is 2.42. The minimum Gasteiger partial charge on any atom is -0.332 e. The molecule has 0 amide bonds. The Morgan fingerprint density at radius 3 is 3.00 bits per heavy atom. The van der Waals surface area contributed by atoms with E-state index >= 15 is 0 Å². The summed E-state index contributed by atoms with van der Waals surface area (Å²) in [7, 11) is 2.09. The average Bonchev–Trinajstić information content (AvgIpc) is 3.01. The van der Waals surface area contributed by atoms with Gasteiger partial charge in [-0.2, -0.15) is 4.98 Å². The number of rotatable bonds is 3. The van der Waals surface area contributed by atoms with Crippen LogP contribution in [0.2, 0.25) is 0 Å². The van der Waals surface area contributed by atoms with E-state index in [2.05, 4.69) is 32.4 Å². The van der Waals surface area contributed by atoms with Gasteiger partial charge in [0.1, 0.15) is 5.69 Å². The molecule has 1 aliphatic heterocycles. The first kappa shape index (κ1) is 14.9. The van der Waals surface area contributed by atoms with Crippen LogP contribution >= 0.6 is 23.7 Å². The van der Waals surface area contributed by atoms with E-state index in [1.165, 1.54) is 17.8 Å². The fourth-order valence-electron chi connectivity index (χ4n) is 2.47. The Morgan fingerprint density at radius 1 is 1.38 bits per heavy atom. The lowest BCUT2D eigenvalue weighted by Gasteiger charge is -2.30. The summed E-state index contributed by atoms with van der Waals surface area (Å²) in [5, 5.41) is 10.7. The maximum Gasteiger partial charge on any atom is 0.277 e. The number of aromatic nitrogens is 3. The highest BCUT2D eigenvalue weighted by atomic mass is 35.5. The molecular weight excluding hydrogens is 310 g/mol. The topological polar surface area (TPSA) is 67.1 Å². The summed E-state index contributed by atoms with van der Waals surface area (Å²) < 4.78 is 5.39. The molecule has 0 aromatic carbocycles. The molecule has 1 N–H and O–H groups in total. The molecule has 3 heterocycles. The molecule has 21 heavy (non-hydrogen) atoms. The number of nitrogens with one attached hydrogen (secondary N) is 1. The Morgan fingerprint density at radius 2 is 2.24 bits per heavy atom. The van der Waals surface area contributed by atoms with Crippen molar-refractivity contribution in [3.05, 3.63) is 16.2 Å². The maximum absolute atomic E-state index is 5.39. The van der Waals surface area contributed by atoms with Crippen LogP contribution in [0.15, 0.2) is 9.90 Å². The quantitative estimate of drug-likeness (QED) is 0.931. The third-order valence-corrected chi connectivity index (χ3v) is 4.93. The van der Waals surface area contributed by atoms with Crippen molar-refractivity contribution in [2.24, 2.45) is 0 Å². The van der Waals surface area contributed by atoms with Crippen LogP contribution in [0.1, 0.15) is 35.6 Å². The number of likely N-dealkylation sites (N-methyl/N-ethyl adjacent to an activating group) is 1. The predicted molar refractivity (Wildman–Crippen MR) is 82.9 cm³/mol. The molecule has 1 saturated heterocycles. The smallest absolute Gasteiger partial charge is 0.277 e. The van der Waals surface area contributed by atoms with Gasteiger partial charge >= 0.3 is 0 Å². The van der Waals surface area contributed by atoms with Gasteiger partial charge in [0.25, 0.3) is 5.89 Å². The van der Waals surface area contributed by atoms with Gasteiger partial charge in [0, 0.05) is 30.9 Å². The molecule has 2 aliphatic rings. The normalized spacial score (nSPS) is 23.0. The first-order valence-electron chi connectivity index (χ1n) is 7.01. The third kappa shape index (κ3) is 2.96. The minimum atomic E-state index is 0. The fourth-order valence-corrected chi connectivity index (χ4v) is 3.44. The molecule has 1 aliphatic carbocycles. The molecule has 0 radical (unpaired) electrons. The highest BCUT2D eigenvalue weighted by Gasteiger charge is 2.29. The second kappa shape index (κ2) is 6.00. The van der Waals surface area contributed by atoms with Crippen molar-refractivity contribution in [3.63, 3.8) is 0 Å². The number of piperazine rings is 1. The number of hydrogen-bond donors (Lipinski definition) is 1. The van der Waals surface area contributed by atoms with Crippen LogP contribution in [-0.4, -0.2) is 46.7 Å². The Balaban J connectivity index is 0.00000132. The second-order valence-corrected chi connectivity index (χ2v) is 6.39. The molecule has 2 aromatic heterocycles. The number of hydrogen-bond acceptors (Lipinski definition) is 7. The van der Waals surface area contributed by atoms with Gasteiger partial charge < -0.3 is 9.84 Å². The van der Waals surface area contributed by atoms with Crippen LogP contribution < -0.4 is 5.32 Å². The molecule has 2 fully saturated rings. The zero-order chi connectivity index (χ0) is 13.5. The van der Waals surface area contributed by atoms with Gasteiger partial charge in [0.05, 0.1) is 11.0 Å². The van der Waals surface area contributed by atoms with Gasteiger partial charge in [0.2, 0.25) is 0 Å². The maximum atomic E-state index is 5.39. The summed E-state index contributed by atoms with van der Waals surface area (Å²) >= 11 is 1.70. The largest absolute Gasteiger partial charge is 0.332 e. The van der Waals surface area contributed by atoms with Gasteiger partial charge in [0.15, 0.2) is 5.82 Å². The van der Waals surface area contributed by atoms with Crippen molar-refractivity contribution in [1.29, 1.82) is 0 Å². The lowest BCUT2D eigenvalue weighted by molar-refractivity contribution is 0.190. The molecule has 6 nitrogen and oxygen atoms in total. The first-order valence-corrected chi connectivity index (χ1v) is 7.89. The average molecular weight is 328 g/mol. The van der Waals surface area contributed by atoms with E-state index in [-0.39, 0.29) is 18.4 Å². The van der Waals surface area contributed by atoms with Crippen LogP contribution in [-0.2, 0) is 0 Å². The standard InChI is InChI=1S/C13H17N5OS.ClH/c1-18-5-4-14-6-10(18)11-16-12(19-17-11)9-7-20-13(15-9)8-2-3-8;/h7-8,10,14H,2-6H2,1H3;1H. The van der Waals surface area contributed by atoms with Crippen molar-refractivity contribution in [2.45, 2.75) is 24.8 Å². The van der Waals surface area contributed by atoms with Crippen molar-refractivity contribution < 1.29 is 4.52 Å². The molecule has 8 heteroatoms. The molecule has 2 aromatic rings. The van der Waals surface area contributed by atoms with Gasteiger partial charge in [-0.3, -0.25) is 4.90 Å². The van der Waals surface area contributed by atoms with E-state index in [1.807, 2.05) is 5.38 Å². The van der Waals surface area contributed by atoms with E-state index < -0.39 is 0 Å². The van der Waals surface area contributed by atoms with Crippen LogP contribution in [0.3, 0.4) is 0 Å². The lowest BCUT2D eigenvalue weighted by Crippen LogP contribution is -2.44. The van der Waals surface area contributed by atoms with Gasteiger partial charge in [-0.1, -0.05) is 5.16 Å². The van der Waals surface area contributed by atoms with Crippen LogP contribution in [0.4, 0.5) is 0 Å². The second-order valence-electron chi connectivity index (χ2n) is 5.50. The van der Waals surface area contributed by atoms with E-state index in [0.717, 1.165) is 31.2 Å². The predicted octanol–water partition coefficient (Wildman–Crippen LogP) is 2.07. The van der Waals surface area contributed by atoms with Crippen molar-refractivity contribution in [3.8, 4) is 11.6 Å². The first-order chi connectivity index (χ1) is 9.81. The lowest BCUT2D eigenvalue weighted by atomic mass is 10.2. The summed E-state index contributed by atoms with van der Waals surface area (Å²) in [4.78, 5) is 11.4. The van der Waals surface area contributed by atoms with Crippen molar-refractivity contribution in [2.75, 3.05) is 26.7 Å². The van der Waals surface area contributed by atoms with Crippen molar-refractivity contribution in [1.82, 2.24) is 25.3 Å². The Labute approximate surface area is 133 Å². The summed E-state index contributed by atoms with van der Waals surface area (Å²) in [6.45, 7) is 2.87. The van der Waals surface area contributed by atoms with E-state index in [0.29, 0.717) is 11.8 Å². The number of nitrogens with zero attached hydrogens (tertiary/aromatic N) is 4. The zero-order valence-corrected chi connectivity index (χ0v) is 13.4. The third-order valence-electron chi connectivity index (χ3n) is 3.92. The van der Waals surface area contributed by atoms with E-state index in [9.17, 15) is 0 Å². The molecule has 1 unspecified atom stereocenters. The van der Waals surface area contributed by atoms with Gasteiger partial charge in [-0.05, 0) is 19.9 Å². The van der Waals surface area contributed by atoms with E-state index in [4.69, 9.17) is 4.52 Å². The summed E-state index contributed by atoms with van der Waals surface area (Å²) in [6.07, 6.45) is 2.53. The molecule has 114 valence electrons. The SMILES string of the molecule is CN1CCNCC1c1noc(-c2csc(C3CC3)n2)n1.Cl. The van der Waals surface area contributed by atoms with Crippen molar-refractivity contribution >= 4 is 23.7 Å². The van der Waals surface area contributed by atoms with Crippen LogP contribution in [0.5, 0.6) is 0 Å². The summed E-state index contributed by atoms with van der Waals surface area (Å²) in [6, 6.07) is 0.183. The molecule has 1 saturated carbocycles. The molecule has 1 atom stereocenters.